The van der Waals surface area contributed by atoms with E-state index in [4.69, 9.17) is 16.3 Å². The average molecular weight is 466 g/mol. The van der Waals surface area contributed by atoms with E-state index in [1.54, 1.807) is 12.3 Å². The van der Waals surface area contributed by atoms with Crippen molar-refractivity contribution in [2.45, 2.75) is 24.9 Å². The molecular formula is C19H20ClN5O3S2. The van der Waals surface area contributed by atoms with Gasteiger partial charge in [0.25, 0.3) is 0 Å². The summed E-state index contributed by atoms with van der Waals surface area (Å²) < 4.78 is 6.76. The Morgan fingerprint density at radius 3 is 2.77 bits per heavy atom. The summed E-state index contributed by atoms with van der Waals surface area (Å²) in [7, 11) is 1.87. The molecule has 0 aliphatic rings. The van der Waals surface area contributed by atoms with E-state index in [9.17, 15) is 9.59 Å². The van der Waals surface area contributed by atoms with Crippen LogP contribution in [-0.4, -0.2) is 44.0 Å². The van der Waals surface area contributed by atoms with Crippen LogP contribution in [0, 0.1) is 0 Å². The van der Waals surface area contributed by atoms with E-state index in [0.717, 1.165) is 11.4 Å². The molecule has 0 unspecified atom stereocenters. The molecular weight excluding hydrogens is 446 g/mol. The van der Waals surface area contributed by atoms with Gasteiger partial charge in [-0.15, -0.1) is 21.5 Å². The second kappa shape index (κ2) is 10.6. The lowest BCUT2D eigenvalue weighted by Gasteiger charge is -2.04. The molecule has 8 nitrogen and oxygen atoms in total. The number of carbonyl (C=O) groups excluding carboxylic acids is 2. The van der Waals surface area contributed by atoms with Crippen LogP contribution in [-0.2, 0) is 34.2 Å². The van der Waals surface area contributed by atoms with E-state index < -0.39 is 0 Å². The summed E-state index contributed by atoms with van der Waals surface area (Å²) in [6.45, 7) is 2.08. The SMILES string of the molecule is CCOC(=O)Cc1csc(NC(=O)CSc2nnc(Cc3ccc(Cl)cc3)n2C)n1. The molecule has 0 radical (unpaired) electrons. The van der Waals surface area contributed by atoms with E-state index in [1.807, 2.05) is 35.9 Å². The largest absolute Gasteiger partial charge is 0.466 e. The molecule has 0 atom stereocenters. The number of thiazole rings is 1. The van der Waals surface area contributed by atoms with Gasteiger partial charge in [-0.2, -0.15) is 0 Å². The molecule has 0 bridgehead atoms. The van der Waals surface area contributed by atoms with Crippen LogP contribution in [0.4, 0.5) is 5.13 Å². The molecule has 1 amide bonds. The summed E-state index contributed by atoms with van der Waals surface area (Å²) in [6, 6.07) is 7.57. The number of hydrogen-bond acceptors (Lipinski definition) is 8. The van der Waals surface area contributed by atoms with Crippen LogP contribution in [0.5, 0.6) is 0 Å². The number of carbonyl (C=O) groups is 2. The lowest BCUT2D eigenvalue weighted by atomic mass is 10.1. The van der Waals surface area contributed by atoms with Gasteiger partial charge in [0.1, 0.15) is 5.82 Å². The van der Waals surface area contributed by atoms with Crippen LogP contribution in [0.25, 0.3) is 0 Å². The molecule has 3 rings (SSSR count). The number of thioether (sulfide) groups is 1. The number of hydrogen-bond donors (Lipinski definition) is 1. The molecule has 158 valence electrons. The van der Waals surface area contributed by atoms with Crippen molar-refractivity contribution in [3.63, 3.8) is 0 Å². The molecule has 0 saturated heterocycles. The number of nitrogens with zero attached hydrogens (tertiary/aromatic N) is 4. The van der Waals surface area contributed by atoms with Gasteiger partial charge in [0.2, 0.25) is 5.91 Å². The number of aromatic nitrogens is 4. The Labute approximate surface area is 187 Å². The minimum atomic E-state index is -0.340. The van der Waals surface area contributed by atoms with Gasteiger partial charge in [0.15, 0.2) is 10.3 Å². The fourth-order valence-corrected chi connectivity index (χ4v) is 4.08. The third kappa shape index (κ3) is 6.28. The molecule has 1 aromatic carbocycles. The smallest absolute Gasteiger partial charge is 0.311 e. The molecule has 2 heterocycles. The maximum Gasteiger partial charge on any atom is 0.311 e. The highest BCUT2D eigenvalue weighted by Crippen LogP contribution is 2.20. The van der Waals surface area contributed by atoms with E-state index in [0.29, 0.717) is 34.0 Å². The Hall–Kier alpha value is -2.43. The molecule has 2 aromatic heterocycles. The number of halogens is 1. The first-order valence-electron chi connectivity index (χ1n) is 9.10. The molecule has 3 aromatic rings. The molecule has 30 heavy (non-hydrogen) atoms. The summed E-state index contributed by atoms with van der Waals surface area (Å²) in [5.74, 6) is 0.413. The highest BCUT2D eigenvalue weighted by atomic mass is 35.5. The normalized spacial score (nSPS) is 10.8. The van der Waals surface area contributed by atoms with Gasteiger partial charge in [-0.05, 0) is 24.6 Å². The van der Waals surface area contributed by atoms with Gasteiger partial charge >= 0.3 is 5.97 Å². The van der Waals surface area contributed by atoms with E-state index in [1.165, 1.54) is 23.1 Å². The fraction of sp³-hybridized carbons (Fsp3) is 0.316. The van der Waals surface area contributed by atoms with Crippen LogP contribution in [0.2, 0.25) is 5.02 Å². The van der Waals surface area contributed by atoms with E-state index >= 15 is 0 Å². The Balaban J connectivity index is 1.50. The minimum Gasteiger partial charge on any atom is -0.466 e. The van der Waals surface area contributed by atoms with Crippen molar-refractivity contribution in [1.82, 2.24) is 19.7 Å². The number of esters is 1. The number of amides is 1. The summed E-state index contributed by atoms with van der Waals surface area (Å²) in [5, 5.41) is 14.6. The van der Waals surface area contributed by atoms with Crippen molar-refractivity contribution < 1.29 is 14.3 Å². The van der Waals surface area contributed by atoms with Gasteiger partial charge in [-0.3, -0.25) is 9.59 Å². The van der Waals surface area contributed by atoms with Crippen LogP contribution < -0.4 is 5.32 Å². The second-order valence-corrected chi connectivity index (χ2v) is 8.46. The molecule has 0 saturated carbocycles. The van der Waals surface area contributed by atoms with Gasteiger partial charge < -0.3 is 14.6 Å². The monoisotopic (exact) mass is 465 g/mol. The number of benzene rings is 1. The highest BCUT2D eigenvalue weighted by molar-refractivity contribution is 7.99. The summed E-state index contributed by atoms with van der Waals surface area (Å²) in [4.78, 5) is 28.0. The Bertz CT molecular complexity index is 1020. The van der Waals surface area contributed by atoms with Crippen molar-refractivity contribution in [1.29, 1.82) is 0 Å². The summed E-state index contributed by atoms with van der Waals surface area (Å²) in [6.07, 6.45) is 0.708. The first kappa shape index (κ1) is 22.3. The Morgan fingerprint density at radius 2 is 2.03 bits per heavy atom. The molecule has 1 N–H and O–H groups in total. The second-order valence-electron chi connectivity index (χ2n) is 6.22. The Morgan fingerprint density at radius 1 is 1.27 bits per heavy atom. The summed E-state index contributed by atoms with van der Waals surface area (Å²) >= 11 is 8.47. The number of rotatable bonds is 9. The molecule has 0 aliphatic heterocycles. The van der Waals surface area contributed by atoms with Gasteiger partial charge in [-0.1, -0.05) is 35.5 Å². The van der Waals surface area contributed by atoms with Crippen LogP contribution >= 0.6 is 34.7 Å². The first-order chi connectivity index (χ1) is 14.4. The summed E-state index contributed by atoms with van der Waals surface area (Å²) in [5.41, 5.74) is 1.65. The van der Waals surface area contributed by atoms with Crippen molar-refractivity contribution in [2.24, 2.45) is 7.05 Å². The van der Waals surface area contributed by atoms with Crippen molar-refractivity contribution in [2.75, 3.05) is 17.7 Å². The highest BCUT2D eigenvalue weighted by Gasteiger charge is 2.14. The molecule has 0 aliphatic carbocycles. The first-order valence-corrected chi connectivity index (χ1v) is 11.3. The van der Waals surface area contributed by atoms with Crippen molar-refractivity contribution in [3.8, 4) is 0 Å². The fourth-order valence-electron chi connectivity index (χ4n) is 2.50. The number of anilines is 1. The quantitative estimate of drug-likeness (QED) is 0.382. The number of ether oxygens (including phenoxy) is 1. The maximum absolute atomic E-state index is 12.2. The topological polar surface area (TPSA) is 99.0 Å². The zero-order valence-corrected chi connectivity index (χ0v) is 18.8. The van der Waals surface area contributed by atoms with Gasteiger partial charge in [0, 0.05) is 23.9 Å². The zero-order valence-electron chi connectivity index (χ0n) is 16.4. The van der Waals surface area contributed by atoms with Crippen LogP contribution in [0.15, 0.2) is 34.8 Å². The van der Waals surface area contributed by atoms with Gasteiger partial charge in [-0.25, -0.2) is 4.98 Å². The molecule has 0 spiro atoms. The van der Waals surface area contributed by atoms with Crippen LogP contribution in [0.3, 0.4) is 0 Å². The standard InChI is InChI=1S/C19H20ClN5O3S2/c1-3-28-17(27)9-14-10-29-18(21-14)22-16(26)11-30-19-24-23-15(25(19)2)8-12-4-6-13(20)7-5-12/h4-7,10H,3,8-9,11H2,1-2H3,(H,21,22,26). The third-order valence-corrected chi connectivity index (χ3v) is 6.04. The van der Waals surface area contributed by atoms with Crippen molar-refractivity contribution >= 4 is 51.7 Å². The van der Waals surface area contributed by atoms with Gasteiger partial charge in [0.05, 0.1) is 24.5 Å². The average Bonchev–Trinajstić information content (AvgIpc) is 3.29. The lowest BCUT2D eigenvalue weighted by molar-refractivity contribution is -0.142. The van der Waals surface area contributed by atoms with Crippen molar-refractivity contribution in [3.05, 3.63) is 51.7 Å². The molecule has 0 fully saturated rings. The maximum atomic E-state index is 12.2. The minimum absolute atomic E-state index is 0.0876. The zero-order chi connectivity index (χ0) is 21.5. The predicted molar refractivity (Wildman–Crippen MR) is 117 cm³/mol. The van der Waals surface area contributed by atoms with E-state index in [-0.39, 0.29) is 24.1 Å². The molecule has 11 heteroatoms. The third-order valence-electron chi connectivity index (χ3n) is 3.96. The number of nitrogens with one attached hydrogen (secondary N) is 1. The predicted octanol–water partition coefficient (Wildman–Crippen LogP) is 3.35. The lowest BCUT2D eigenvalue weighted by Crippen LogP contribution is -2.14. The Kier molecular flexibility index (Phi) is 7.83. The van der Waals surface area contributed by atoms with Crippen LogP contribution in [0.1, 0.15) is 24.0 Å². The van der Waals surface area contributed by atoms with E-state index in [2.05, 4.69) is 20.5 Å².